The lowest BCUT2D eigenvalue weighted by Gasteiger charge is -2.40. The van der Waals surface area contributed by atoms with Crippen LogP contribution < -0.4 is 0 Å². The zero-order chi connectivity index (χ0) is 13.3. The van der Waals surface area contributed by atoms with Crippen molar-refractivity contribution in [1.29, 1.82) is 0 Å². The zero-order valence-electron chi connectivity index (χ0n) is 11.1. The van der Waals surface area contributed by atoms with Gasteiger partial charge < -0.3 is 0 Å². The highest BCUT2D eigenvalue weighted by molar-refractivity contribution is 9.11. The van der Waals surface area contributed by atoms with Gasteiger partial charge in [-0.1, -0.05) is 13.8 Å². The summed E-state index contributed by atoms with van der Waals surface area (Å²) >= 11 is 4.94. The number of carbonyl (C=O) groups is 1. The molecule has 1 saturated heterocycles. The third kappa shape index (κ3) is 3.22. The van der Waals surface area contributed by atoms with Crippen molar-refractivity contribution in [2.75, 3.05) is 13.1 Å². The first-order chi connectivity index (χ1) is 8.47. The fourth-order valence-corrected chi connectivity index (χ4v) is 4.08. The van der Waals surface area contributed by atoms with Crippen LogP contribution in [0.4, 0.5) is 0 Å². The maximum absolute atomic E-state index is 12.2. The summed E-state index contributed by atoms with van der Waals surface area (Å²) in [5.74, 6) is 1.62. The number of carbonyl (C=O) groups excluding carboxylic acids is 1. The molecule has 3 atom stereocenters. The van der Waals surface area contributed by atoms with E-state index >= 15 is 0 Å². The van der Waals surface area contributed by atoms with E-state index in [2.05, 4.69) is 41.6 Å². The minimum absolute atomic E-state index is 0.249. The van der Waals surface area contributed by atoms with Crippen molar-refractivity contribution in [1.82, 2.24) is 4.90 Å². The summed E-state index contributed by atoms with van der Waals surface area (Å²) in [7, 11) is 0. The van der Waals surface area contributed by atoms with Crippen LogP contribution >= 0.6 is 27.3 Å². The largest absolute Gasteiger partial charge is 0.293 e. The van der Waals surface area contributed by atoms with Crippen molar-refractivity contribution in [2.45, 2.75) is 33.2 Å². The van der Waals surface area contributed by atoms with Crippen molar-refractivity contribution in [3.63, 3.8) is 0 Å². The fourth-order valence-electron chi connectivity index (χ4n) is 2.77. The molecule has 3 unspecified atom stereocenters. The normalized spacial score (nSPS) is 29.4. The topological polar surface area (TPSA) is 20.3 Å². The smallest absolute Gasteiger partial charge is 0.186 e. The highest BCUT2D eigenvalue weighted by Gasteiger charge is 2.30. The number of ketones is 1. The molecule has 0 bridgehead atoms. The van der Waals surface area contributed by atoms with E-state index in [9.17, 15) is 4.79 Å². The predicted octanol–water partition coefficient (Wildman–Crippen LogP) is 4.06. The molecule has 0 aliphatic carbocycles. The molecule has 1 aromatic rings. The third-order valence-electron chi connectivity index (χ3n) is 3.91. The number of nitrogens with zero attached hydrogens (tertiary/aromatic N) is 1. The van der Waals surface area contributed by atoms with Gasteiger partial charge in [-0.05, 0) is 53.2 Å². The quantitative estimate of drug-likeness (QED) is 0.779. The minimum Gasteiger partial charge on any atom is -0.293 e. The monoisotopic (exact) mass is 329 g/mol. The van der Waals surface area contributed by atoms with Crippen LogP contribution in [0, 0.1) is 11.8 Å². The van der Waals surface area contributed by atoms with E-state index in [-0.39, 0.29) is 5.78 Å². The number of halogens is 1. The number of piperidine rings is 1. The second-order valence-corrected chi connectivity index (χ2v) is 7.98. The van der Waals surface area contributed by atoms with Crippen molar-refractivity contribution in [3.05, 3.63) is 20.8 Å². The van der Waals surface area contributed by atoms with Gasteiger partial charge >= 0.3 is 0 Å². The maximum atomic E-state index is 12.2. The summed E-state index contributed by atoms with van der Waals surface area (Å²) in [6.45, 7) is 8.42. The van der Waals surface area contributed by atoms with Crippen LogP contribution in [-0.4, -0.2) is 29.8 Å². The van der Waals surface area contributed by atoms with Gasteiger partial charge in [-0.25, -0.2) is 0 Å². The van der Waals surface area contributed by atoms with Gasteiger partial charge in [0.05, 0.1) is 15.2 Å². The molecule has 1 fully saturated rings. The zero-order valence-corrected chi connectivity index (χ0v) is 13.6. The van der Waals surface area contributed by atoms with Gasteiger partial charge in [-0.3, -0.25) is 9.69 Å². The lowest BCUT2D eigenvalue weighted by Crippen LogP contribution is -2.47. The molecule has 100 valence electrons. The van der Waals surface area contributed by atoms with Gasteiger partial charge in [0.25, 0.3) is 0 Å². The molecule has 0 N–H and O–H groups in total. The molecule has 18 heavy (non-hydrogen) atoms. The summed E-state index contributed by atoms with van der Waals surface area (Å²) < 4.78 is 1.03. The highest BCUT2D eigenvalue weighted by atomic mass is 79.9. The number of thiophene rings is 1. The molecule has 0 amide bonds. The van der Waals surface area contributed by atoms with E-state index < -0.39 is 0 Å². The Bertz CT molecular complexity index is 431. The molecule has 0 spiro atoms. The van der Waals surface area contributed by atoms with Crippen LogP contribution in [0.2, 0.25) is 0 Å². The van der Waals surface area contributed by atoms with E-state index in [0.717, 1.165) is 15.2 Å². The maximum Gasteiger partial charge on any atom is 0.186 e. The standard InChI is InChI=1S/C14H20BrNOS/c1-9-6-10(2)11(3)16(7-9)8-12(17)13-4-5-14(15)18-13/h4-5,9-11H,6-8H2,1-3H3. The molecule has 0 aromatic carbocycles. The summed E-state index contributed by atoms with van der Waals surface area (Å²) in [6, 6.07) is 4.37. The predicted molar refractivity (Wildman–Crippen MR) is 80.3 cm³/mol. The molecular weight excluding hydrogens is 310 g/mol. The number of rotatable bonds is 3. The Morgan fingerprint density at radius 2 is 2.17 bits per heavy atom. The fraction of sp³-hybridized carbons (Fsp3) is 0.643. The number of likely N-dealkylation sites (tertiary alicyclic amines) is 1. The summed E-state index contributed by atoms with van der Waals surface area (Å²) in [4.78, 5) is 15.4. The molecule has 1 aliphatic heterocycles. The van der Waals surface area contributed by atoms with E-state index in [1.54, 1.807) is 0 Å². The van der Waals surface area contributed by atoms with Crippen molar-refractivity contribution >= 4 is 33.0 Å². The van der Waals surface area contributed by atoms with Gasteiger partial charge in [0, 0.05) is 12.6 Å². The Labute approximate surface area is 122 Å². The van der Waals surface area contributed by atoms with Crippen molar-refractivity contribution in [2.24, 2.45) is 11.8 Å². The van der Waals surface area contributed by atoms with E-state index in [1.165, 1.54) is 17.8 Å². The Kier molecular flexibility index (Phi) is 4.62. The van der Waals surface area contributed by atoms with E-state index in [1.807, 2.05) is 12.1 Å². The molecule has 0 saturated carbocycles. The van der Waals surface area contributed by atoms with Gasteiger partial charge in [0.1, 0.15) is 0 Å². The first-order valence-corrected chi connectivity index (χ1v) is 8.11. The molecule has 0 radical (unpaired) electrons. The van der Waals surface area contributed by atoms with Gasteiger partial charge in [0.15, 0.2) is 5.78 Å². The molecule has 1 aromatic heterocycles. The lowest BCUT2D eigenvalue weighted by molar-refractivity contribution is 0.0652. The Morgan fingerprint density at radius 3 is 2.78 bits per heavy atom. The highest BCUT2D eigenvalue weighted by Crippen LogP contribution is 2.28. The summed E-state index contributed by atoms with van der Waals surface area (Å²) in [5.41, 5.74) is 0. The van der Waals surface area contributed by atoms with Crippen LogP contribution in [0.5, 0.6) is 0 Å². The average molecular weight is 330 g/mol. The van der Waals surface area contributed by atoms with Crippen molar-refractivity contribution in [3.8, 4) is 0 Å². The van der Waals surface area contributed by atoms with Crippen molar-refractivity contribution < 1.29 is 4.79 Å². The Balaban J connectivity index is 2.02. The molecular formula is C14H20BrNOS. The SMILES string of the molecule is CC1CC(C)C(C)N(CC(=O)c2ccc(Br)s2)C1. The second-order valence-electron chi connectivity index (χ2n) is 5.52. The lowest BCUT2D eigenvalue weighted by atomic mass is 9.86. The molecule has 2 rings (SSSR count). The summed E-state index contributed by atoms with van der Waals surface area (Å²) in [5, 5.41) is 0. The van der Waals surface area contributed by atoms with Gasteiger partial charge in [0.2, 0.25) is 0 Å². The average Bonchev–Trinajstić information content (AvgIpc) is 2.72. The first-order valence-electron chi connectivity index (χ1n) is 6.50. The van der Waals surface area contributed by atoms with Crippen LogP contribution in [0.25, 0.3) is 0 Å². The van der Waals surface area contributed by atoms with Gasteiger partial charge in [-0.2, -0.15) is 0 Å². The van der Waals surface area contributed by atoms with E-state index in [4.69, 9.17) is 0 Å². The molecule has 4 heteroatoms. The number of Topliss-reactive ketones (excluding diaryl/α,β-unsaturated/α-hetero) is 1. The summed E-state index contributed by atoms with van der Waals surface area (Å²) in [6.07, 6.45) is 1.27. The van der Waals surface area contributed by atoms with Crippen LogP contribution in [0.15, 0.2) is 15.9 Å². The van der Waals surface area contributed by atoms with E-state index in [0.29, 0.717) is 24.4 Å². The minimum atomic E-state index is 0.249. The number of hydrogen-bond acceptors (Lipinski definition) is 3. The molecule has 1 aliphatic rings. The third-order valence-corrected chi connectivity index (χ3v) is 5.58. The first kappa shape index (κ1) is 14.2. The van der Waals surface area contributed by atoms with Crippen LogP contribution in [-0.2, 0) is 0 Å². The second kappa shape index (κ2) is 5.85. The van der Waals surface area contributed by atoms with Crippen LogP contribution in [0.1, 0.15) is 36.9 Å². The Morgan fingerprint density at radius 1 is 1.44 bits per heavy atom. The molecule has 2 nitrogen and oxygen atoms in total. The Hall–Kier alpha value is -0.190. The van der Waals surface area contributed by atoms with Gasteiger partial charge in [-0.15, -0.1) is 11.3 Å². The molecule has 2 heterocycles. The van der Waals surface area contributed by atoms with Crippen LogP contribution in [0.3, 0.4) is 0 Å². The number of hydrogen-bond donors (Lipinski definition) is 0.